The van der Waals surface area contributed by atoms with E-state index in [1.807, 2.05) is 23.1 Å². The van der Waals surface area contributed by atoms with Gasteiger partial charge in [-0.05, 0) is 5.56 Å². The minimum Gasteiger partial charge on any atom is -0.356 e. The Morgan fingerprint density at radius 3 is 2.87 bits per heavy atom. The molecule has 0 unspecified atom stereocenters. The van der Waals surface area contributed by atoms with Crippen molar-refractivity contribution >= 4 is 5.91 Å². The van der Waals surface area contributed by atoms with Crippen LogP contribution in [0.1, 0.15) is 24.4 Å². The van der Waals surface area contributed by atoms with Crippen LogP contribution in [0.4, 0.5) is 0 Å². The number of amides is 1. The van der Waals surface area contributed by atoms with Crippen LogP contribution in [0.15, 0.2) is 30.3 Å². The first-order valence-electron chi connectivity index (χ1n) is 5.34. The Kier molecular flexibility index (Phi) is 1.99. The minimum absolute atomic E-state index is 0.0303. The van der Waals surface area contributed by atoms with Gasteiger partial charge in [0.2, 0.25) is 5.91 Å². The minimum atomic E-state index is 0.0303. The number of benzene rings is 1. The molecular weight excluding hydrogens is 190 g/mol. The van der Waals surface area contributed by atoms with Crippen LogP contribution in [0.2, 0.25) is 0 Å². The second-order valence-corrected chi connectivity index (χ2v) is 4.05. The maximum atomic E-state index is 11.7. The average Bonchev–Trinajstić information content (AvgIpc) is 2.84. The molecule has 15 heavy (non-hydrogen) atoms. The van der Waals surface area contributed by atoms with Gasteiger partial charge in [-0.3, -0.25) is 4.79 Å². The number of carbonyl (C=O) groups is 1. The molecule has 0 N–H and O–H groups in total. The van der Waals surface area contributed by atoms with Crippen molar-refractivity contribution in [3.05, 3.63) is 35.9 Å². The molecule has 0 aromatic heterocycles. The van der Waals surface area contributed by atoms with Crippen molar-refractivity contribution in [1.82, 2.24) is 4.90 Å². The van der Waals surface area contributed by atoms with Crippen molar-refractivity contribution < 1.29 is 9.53 Å². The highest BCUT2D eigenvalue weighted by molar-refractivity contribution is 5.79. The van der Waals surface area contributed by atoms with Gasteiger partial charge in [0.25, 0.3) is 0 Å². The Bertz CT molecular complexity index is 376. The Labute approximate surface area is 88.6 Å². The van der Waals surface area contributed by atoms with E-state index >= 15 is 0 Å². The smallest absolute Gasteiger partial charge is 0.225 e. The fraction of sp³-hybridized carbons (Fsp3) is 0.417. The lowest BCUT2D eigenvalue weighted by Crippen LogP contribution is -2.30. The lowest BCUT2D eigenvalue weighted by molar-refractivity contribution is -0.131. The zero-order chi connectivity index (χ0) is 10.3. The lowest BCUT2D eigenvalue weighted by Gasteiger charge is -2.21. The highest BCUT2D eigenvalue weighted by atomic mass is 16.5. The van der Waals surface area contributed by atoms with E-state index in [1.54, 1.807) is 0 Å². The Morgan fingerprint density at radius 2 is 2.07 bits per heavy atom. The summed E-state index contributed by atoms with van der Waals surface area (Å²) in [6, 6.07) is 10.2. The van der Waals surface area contributed by atoms with Gasteiger partial charge in [0.05, 0.1) is 12.6 Å². The van der Waals surface area contributed by atoms with Gasteiger partial charge >= 0.3 is 0 Å². The topological polar surface area (TPSA) is 29.5 Å². The van der Waals surface area contributed by atoms with Crippen molar-refractivity contribution in [1.29, 1.82) is 0 Å². The molecule has 2 aliphatic heterocycles. The molecule has 2 aliphatic rings. The van der Waals surface area contributed by atoms with E-state index in [0.717, 1.165) is 6.42 Å². The van der Waals surface area contributed by atoms with E-state index < -0.39 is 0 Å². The van der Waals surface area contributed by atoms with Crippen LogP contribution in [0.3, 0.4) is 0 Å². The molecule has 3 nitrogen and oxygen atoms in total. The fourth-order valence-electron chi connectivity index (χ4n) is 2.43. The number of fused-ring (bicyclic) bond motifs is 1. The largest absolute Gasteiger partial charge is 0.356 e. The monoisotopic (exact) mass is 203 g/mol. The summed E-state index contributed by atoms with van der Waals surface area (Å²) in [6.45, 7) is 0.639. The third kappa shape index (κ3) is 1.35. The number of hydrogen-bond acceptors (Lipinski definition) is 2. The van der Waals surface area contributed by atoms with Crippen LogP contribution in [-0.2, 0) is 9.53 Å². The molecule has 1 amide bonds. The Balaban J connectivity index is 1.92. The summed E-state index contributed by atoms with van der Waals surface area (Å²) in [5, 5.41) is 0. The fourth-order valence-corrected chi connectivity index (χ4v) is 2.43. The number of rotatable bonds is 1. The summed E-state index contributed by atoms with van der Waals surface area (Å²) in [5.41, 5.74) is 1.18. The van der Waals surface area contributed by atoms with Gasteiger partial charge in [-0.1, -0.05) is 30.3 Å². The van der Waals surface area contributed by atoms with E-state index in [-0.39, 0.29) is 18.2 Å². The first-order valence-corrected chi connectivity index (χ1v) is 5.34. The number of carbonyl (C=O) groups excluding carboxylic acids is 1. The molecule has 2 atom stereocenters. The highest BCUT2D eigenvalue weighted by Gasteiger charge is 2.42. The third-order valence-corrected chi connectivity index (χ3v) is 3.17. The molecule has 2 saturated heterocycles. The van der Waals surface area contributed by atoms with E-state index in [0.29, 0.717) is 13.0 Å². The molecule has 0 saturated carbocycles. The molecule has 0 spiro atoms. The van der Waals surface area contributed by atoms with Gasteiger partial charge in [0.15, 0.2) is 0 Å². The maximum absolute atomic E-state index is 11.7. The lowest BCUT2D eigenvalue weighted by atomic mass is 10.1. The zero-order valence-electron chi connectivity index (χ0n) is 8.43. The second-order valence-electron chi connectivity index (χ2n) is 4.05. The molecule has 0 bridgehead atoms. The normalized spacial score (nSPS) is 29.6. The van der Waals surface area contributed by atoms with E-state index in [1.165, 1.54) is 5.56 Å². The van der Waals surface area contributed by atoms with Crippen molar-refractivity contribution in [3.63, 3.8) is 0 Å². The molecule has 1 aromatic carbocycles. The summed E-state index contributed by atoms with van der Waals surface area (Å²) in [6.07, 6.45) is 1.51. The van der Waals surface area contributed by atoms with Crippen LogP contribution in [0.5, 0.6) is 0 Å². The van der Waals surface area contributed by atoms with Gasteiger partial charge in [0.1, 0.15) is 6.23 Å². The van der Waals surface area contributed by atoms with E-state index in [4.69, 9.17) is 4.74 Å². The Hall–Kier alpha value is -1.35. The quantitative estimate of drug-likeness (QED) is 0.695. The number of ether oxygens (including phenoxy) is 1. The molecule has 0 aliphatic carbocycles. The summed E-state index contributed by atoms with van der Waals surface area (Å²) in [5.74, 6) is 0.228. The van der Waals surface area contributed by atoms with Crippen LogP contribution in [0.25, 0.3) is 0 Å². The predicted molar refractivity (Wildman–Crippen MR) is 55.0 cm³/mol. The zero-order valence-corrected chi connectivity index (χ0v) is 8.43. The van der Waals surface area contributed by atoms with Gasteiger partial charge in [-0.2, -0.15) is 0 Å². The molecular formula is C12H13NO2. The van der Waals surface area contributed by atoms with Crippen molar-refractivity contribution in [2.75, 3.05) is 6.61 Å². The number of nitrogens with zero attached hydrogens (tertiary/aromatic N) is 1. The van der Waals surface area contributed by atoms with Gasteiger partial charge in [-0.15, -0.1) is 0 Å². The van der Waals surface area contributed by atoms with Crippen LogP contribution >= 0.6 is 0 Å². The van der Waals surface area contributed by atoms with Crippen molar-refractivity contribution in [2.45, 2.75) is 25.1 Å². The molecule has 3 rings (SSSR count). The predicted octanol–water partition coefficient (Wildman–Crippen LogP) is 1.71. The average molecular weight is 203 g/mol. The summed E-state index contributed by atoms with van der Waals surface area (Å²) in [7, 11) is 0. The molecule has 3 heteroatoms. The second kappa shape index (κ2) is 3.35. The standard InChI is InChI=1S/C12H13NO2/c14-11-6-7-12-13(11)10(8-15-12)9-4-2-1-3-5-9/h1-5,10,12H,6-8H2/t10-,12+/m1/s1. The SMILES string of the molecule is O=C1CC[C@@H]2OC[C@H](c3ccccc3)N12. The third-order valence-electron chi connectivity index (χ3n) is 3.17. The molecule has 1 aromatic rings. The van der Waals surface area contributed by atoms with Crippen molar-refractivity contribution in [3.8, 4) is 0 Å². The van der Waals surface area contributed by atoms with Gasteiger partial charge in [-0.25, -0.2) is 0 Å². The maximum Gasteiger partial charge on any atom is 0.225 e. The van der Waals surface area contributed by atoms with Crippen LogP contribution < -0.4 is 0 Å². The number of hydrogen-bond donors (Lipinski definition) is 0. The first kappa shape index (κ1) is 8.92. The van der Waals surface area contributed by atoms with Crippen molar-refractivity contribution in [2.24, 2.45) is 0 Å². The van der Waals surface area contributed by atoms with Gasteiger partial charge in [0, 0.05) is 12.8 Å². The first-order chi connectivity index (χ1) is 7.36. The molecule has 0 radical (unpaired) electrons. The highest BCUT2D eigenvalue weighted by Crippen LogP contribution is 2.36. The summed E-state index contributed by atoms with van der Waals surface area (Å²) < 4.78 is 5.62. The van der Waals surface area contributed by atoms with E-state index in [2.05, 4.69) is 12.1 Å². The summed E-state index contributed by atoms with van der Waals surface area (Å²) >= 11 is 0. The molecule has 78 valence electrons. The molecule has 2 fully saturated rings. The molecule has 2 heterocycles. The van der Waals surface area contributed by atoms with Crippen LogP contribution in [0, 0.1) is 0 Å². The summed E-state index contributed by atoms with van der Waals surface area (Å²) in [4.78, 5) is 13.6. The van der Waals surface area contributed by atoms with E-state index in [9.17, 15) is 4.79 Å². The van der Waals surface area contributed by atoms with Crippen LogP contribution in [-0.4, -0.2) is 23.6 Å². The van der Waals surface area contributed by atoms with Gasteiger partial charge < -0.3 is 9.64 Å². The Morgan fingerprint density at radius 1 is 1.27 bits per heavy atom.